The minimum atomic E-state index is -1.61. The van der Waals surface area contributed by atoms with Crippen molar-refractivity contribution in [2.24, 2.45) is 11.7 Å². The second-order valence-electron chi connectivity index (χ2n) is 7.46. The quantitative estimate of drug-likeness (QED) is 0.245. The predicted octanol–water partition coefficient (Wildman–Crippen LogP) is 4.70. The summed E-state index contributed by atoms with van der Waals surface area (Å²) in [5, 5.41) is 18.3. The molecule has 0 aliphatic carbocycles. The Balaban J connectivity index is 3.47. The lowest BCUT2D eigenvalue weighted by Gasteiger charge is -2.22. The van der Waals surface area contributed by atoms with Crippen LogP contribution in [0.1, 0.15) is 110 Å². The molecule has 0 radical (unpaired) electrons. The molecule has 0 amide bonds. The van der Waals surface area contributed by atoms with Gasteiger partial charge >= 0.3 is 0 Å². The number of hydrogen-bond acceptors (Lipinski definition) is 4. The standard InChI is InChI=1S/C21H43NO3/c1-3-5-6-7-8-9-10-11-12-13-14-15-16-17-19(23)18(4-2)20(22)21(24)25/h18,20-21,24-25H,3-17,22H2,1-2H3. The van der Waals surface area contributed by atoms with Crippen molar-refractivity contribution >= 4 is 5.78 Å². The first-order chi connectivity index (χ1) is 12.0. The van der Waals surface area contributed by atoms with E-state index in [-0.39, 0.29) is 5.78 Å². The number of hydrogen-bond donors (Lipinski definition) is 3. The third-order valence-corrected chi connectivity index (χ3v) is 5.19. The molecule has 0 fully saturated rings. The molecule has 0 spiro atoms. The van der Waals surface area contributed by atoms with E-state index in [0.717, 1.165) is 12.8 Å². The van der Waals surface area contributed by atoms with Crippen LogP contribution in [0.5, 0.6) is 0 Å². The molecule has 0 aromatic heterocycles. The van der Waals surface area contributed by atoms with E-state index in [9.17, 15) is 4.79 Å². The van der Waals surface area contributed by atoms with E-state index >= 15 is 0 Å². The molecule has 2 atom stereocenters. The number of carbonyl (C=O) groups excluding carboxylic acids is 1. The molecule has 150 valence electrons. The van der Waals surface area contributed by atoms with Gasteiger partial charge in [-0.2, -0.15) is 0 Å². The van der Waals surface area contributed by atoms with Gasteiger partial charge in [-0.15, -0.1) is 0 Å². The highest BCUT2D eigenvalue weighted by Gasteiger charge is 2.27. The van der Waals surface area contributed by atoms with Crippen LogP contribution in [0.25, 0.3) is 0 Å². The van der Waals surface area contributed by atoms with Crippen LogP contribution in [0, 0.1) is 5.92 Å². The summed E-state index contributed by atoms with van der Waals surface area (Å²) in [5.74, 6) is -0.358. The summed E-state index contributed by atoms with van der Waals surface area (Å²) in [6.07, 6.45) is 16.2. The molecule has 4 heteroatoms. The zero-order valence-electron chi connectivity index (χ0n) is 16.7. The number of aliphatic hydroxyl groups excluding tert-OH is 1. The Morgan fingerprint density at radius 2 is 1.16 bits per heavy atom. The van der Waals surface area contributed by atoms with Gasteiger partial charge in [0.1, 0.15) is 5.78 Å². The van der Waals surface area contributed by atoms with E-state index in [1.807, 2.05) is 6.92 Å². The van der Waals surface area contributed by atoms with Crippen LogP contribution in [0.2, 0.25) is 0 Å². The summed E-state index contributed by atoms with van der Waals surface area (Å²) >= 11 is 0. The maximum atomic E-state index is 12.1. The van der Waals surface area contributed by atoms with Gasteiger partial charge in [-0.1, -0.05) is 90.9 Å². The number of ketones is 1. The number of nitrogens with two attached hydrogens (primary N) is 1. The topological polar surface area (TPSA) is 83.6 Å². The number of carbonyl (C=O) groups is 1. The van der Waals surface area contributed by atoms with Crippen LogP contribution in [0.3, 0.4) is 0 Å². The average Bonchev–Trinajstić information content (AvgIpc) is 2.59. The lowest BCUT2D eigenvalue weighted by molar-refractivity contribution is -0.129. The Morgan fingerprint density at radius 3 is 1.52 bits per heavy atom. The van der Waals surface area contributed by atoms with E-state index in [1.165, 1.54) is 70.6 Å². The molecule has 4 N–H and O–H groups in total. The van der Waals surface area contributed by atoms with Gasteiger partial charge in [0.2, 0.25) is 0 Å². The lowest BCUT2D eigenvalue weighted by atomic mass is 9.89. The van der Waals surface area contributed by atoms with Gasteiger partial charge in [0, 0.05) is 12.3 Å². The minimum Gasteiger partial charge on any atom is -0.367 e. The highest BCUT2D eigenvalue weighted by Crippen LogP contribution is 2.17. The third kappa shape index (κ3) is 13.4. The van der Waals surface area contributed by atoms with Crippen LogP contribution < -0.4 is 5.73 Å². The maximum Gasteiger partial charge on any atom is 0.167 e. The number of rotatable bonds is 18. The number of Topliss-reactive ketones (excluding diaryl/α,β-unsaturated/α-hetero) is 1. The number of unbranched alkanes of at least 4 members (excludes halogenated alkanes) is 12. The van der Waals surface area contributed by atoms with E-state index in [4.69, 9.17) is 15.9 Å². The minimum absolute atomic E-state index is 0.0752. The van der Waals surface area contributed by atoms with Crippen molar-refractivity contribution in [3.8, 4) is 0 Å². The molecule has 0 aromatic carbocycles. The Hall–Kier alpha value is -0.450. The van der Waals surface area contributed by atoms with Crippen molar-refractivity contribution < 1.29 is 15.0 Å². The third-order valence-electron chi connectivity index (χ3n) is 5.19. The van der Waals surface area contributed by atoms with Crippen LogP contribution in [0.15, 0.2) is 0 Å². The summed E-state index contributed by atoms with van der Waals surface area (Å²) in [6.45, 7) is 4.13. The van der Waals surface area contributed by atoms with E-state index in [2.05, 4.69) is 6.92 Å². The first kappa shape index (κ1) is 24.6. The summed E-state index contributed by atoms with van der Waals surface area (Å²) in [4.78, 5) is 12.1. The second-order valence-corrected chi connectivity index (χ2v) is 7.46. The van der Waals surface area contributed by atoms with Gasteiger partial charge in [0.25, 0.3) is 0 Å². The first-order valence-electron chi connectivity index (χ1n) is 10.7. The van der Waals surface area contributed by atoms with Gasteiger partial charge in [0.05, 0.1) is 6.04 Å². The van der Waals surface area contributed by atoms with Crippen molar-refractivity contribution in [3.05, 3.63) is 0 Å². The van der Waals surface area contributed by atoms with Gasteiger partial charge in [0.15, 0.2) is 6.29 Å². The normalized spacial score (nSPS) is 14.0. The molecule has 0 rings (SSSR count). The molecule has 2 unspecified atom stereocenters. The molecule has 25 heavy (non-hydrogen) atoms. The summed E-state index contributed by atoms with van der Waals surface area (Å²) < 4.78 is 0. The van der Waals surface area contributed by atoms with Crippen molar-refractivity contribution in [3.63, 3.8) is 0 Å². The summed E-state index contributed by atoms with van der Waals surface area (Å²) in [7, 11) is 0. The first-order valence-corrected chi connectivity index (χ1v) is 10.7. The van der Waals surface area contributed by atoms with Crippen LogP contribution in [0.4, 0.5) is 0 Å². The van der Waals surface area contributed by atoms with Gasteiger partial charge in [-0.25, -0.2) is 0 Å². The summed E-state index contributed by atoms with van der Waals surface area (Å²) in [6, 6.07) is -0.862. The van der Waals surface area contributed by atoms with Gasteiger partial charge < -0.3 is 15.9 Å². The smallest absolute Gasteiger partial charge is 0.167 e. The fourth-order valence-electron chi connectivity index (χ4n) is 3.42. The largest absolute Gasteiger partial charge is 0.367 e. The maximum absolute atomic E-state index is 12.1. The Morgan fingerprint density at radius 1 is 0.760 bits per heavy atom. The van der Waals surface area contributed by atoms with E-state index < -0.39 is 18.2 Å². The monoisotopic (exact) mass is 357 g/mol. The van der Waals surface area contributed by atoms with Crippen LogP contribution in [-0.4, -0.2) is 28.3 Å². The lowest BCUT2D eigenvalue weighted by Crippen LogP contribution is -2.44. The van der Waals surface area contributed by atoms with Crippen molar-refractivity contribution in [1.82, 2.24) is 0 Å². The highest BCUT2D eigenvalue weighted by molar-refractivity contribution is 5.81. The van der Waals surface area contributed by atoms with Crippen LogP contribution in [-0.2, 0) is 4.79 Å². The molecule has 0 aromatic rings. The molecule has 0 bridgehead atoms. The molecule has 0 aliphatic heterocycles. The van der Waals surface area contributed by atoms with E-state index in [0.29, 0.717) is 12.8 Å². The molecular formula is C21H43NO3. The molecule has 0 aliphatic rings. The molecule has 0 heterocycles. The van der Waals surface area contributed by atoms with Crippen molar-refractivity contribution in [1.29, 1.82) is 0 Å². The second kappa shape index (κ2) is 17.0. The number of aliphatic hydroxyl groups is 2. The Bertz CT molecular complexity index is 308. The van der Waals surface area contributed by atoms with Crippen LogP contribution >= 0.6 is 0 Å². The molecular weight excluding hydrogens is 314 g/mol. The summed E-state index contributed by atoms with van der Waals surface area (Å²) in [5.41, 5.74) is 5.70. The molecule has 4 nitrogen and oxygen atoms in total. The fourth-order valence-corrected chi connectivity index (χ4v) is 3.42. The predicted molar refractivity (Wildman–Crippen MR) is 105 cm³/mol. The molecule has 0 saturated heterocycles. The Kier molecular flexibility index (Phi) is 16.7. The van der Waals surface area contributed by atoms with E-state index in [1.54, 1.807) is 0 Å². The van der Waals surface area contributed by atoms with Crippen molar-refractivity contribution in [2.75, 3.05) is 0 Å². The average molecular weight is 358 g/mol. The molecule has 0 saturated carbocycles. The zero-order chi connectivity index (χ0) is 18.9. The van der Waals surface area contributed by atoms with Gasteiger partial charge in [-0.05, 0) is 12.8 Å². The SMILES string of the molecule is CCCCCCCCCCCCCCCC(=O)C(CC)C(N)C(O)O. The van der Waals surface area contributed by atoms with Crippen molar-refractivity contribution in [2.45, 2.75) is 122 Å². The highest BCUT2D eigenvalue weighted by atomic mass is 16.5. The Labute approximate surface area is 155 Å². The fraction of sp³-hybridized carbons (Fsp3) is 0.952. The zero-order valence-corrected chi connectivity index (χ0v) is 16.7. The van der Waals surface area contributed by atoms with Gasteiger partial charge in [-0.3, -0.25) is 4.79 Å².